The number of carbonyl (C=O) groups is 1. The number of amides is 1. The lowest BCUT2D eigenvalue weighted by Gasteiger charge is -2.37. The van der Waals surface area contributed by atoms with Gasteiger partial charge in [-0.1, -0.05) is 18.2 Å². The minimum atomic E-state index is -0.394. The Labute approximate surface area is 169 Å². The number of carbonyl (C=O) groups excluding carboxylic acids is 1. The summed E-state index contributed by atoms with van der Waals surface area (Å²) in [5.74, 6) is -0.183. The lowest BCUT2D eigenvalue weighted by Crippen LogP contribution is -2.46. The molecular formula is C21H24N4O4. The highest BCUT2D eigenvalue weighted by Gasteiger charge is 2.27. The normalized spacial score (nSPS) is 17.3. The first-order chi connectivity index (χ1) is 14.1. The van der Waals surface area contributed by atoms with Gasteiger partial charge in [0.2, 0.25) is 0 Å². The third-order valence-corrected chi connectivity index (χ3v) is 5.46. The Bertz CT molecular complexity index is 876. The van der Waals surface area contributed by atoms with Crippen LogP contribution >= 0.6 is 0 Å². The van der Waals surface area contributed by atoms with E-state index in [1.807, 2.05) is 23.1 Å². The van der Waals surface area contributed by atoms with Crippen LogP contribution in [0.5, 0.6) is 0 Å². The fraction of sp³-hybridized carbons (Fsp3) is 0.381. The van der Waals surface area contributed by atoms with Gasteiger partial charge >= 0.3 is 0 Å². The monoisotopic (exact) mass is 396 g/mol. The molecule has 0 bridgehead atoms. The van der Waals surface area contributed by atoms with Crippen LogP contribution < -0.4 is 9.80 Å². The summed E-state index contributed by atoms with van der Waals surface area (Å²) in [6, 6.07) is 15.0. The molecule has 8 nitrogen and oxygen atoms in total. The van der Waals surface area contributed by atoms with Crippen molar-refractivity contribution >= 4 is 23.0 Å². The van der Waals surface area contributed by atoms with Crippen molar-refractivity contribution in [1.29, 1.82) is 0 Å². The number of benzene rings is 2. The molecular weight excluding hydrogens is 372 g/mol. The maximum absolute atomic E-state index is 12.7. The van der Waals surface area contributed by atoms with E-state index in [9.17, 15) is 14.9 Å². The number of hydrogen-bond donors (Lipinski definition) is 0. The minimum absolute atomic E-state index is 0.0164. The number of anilines is 2. The van der Waals surface area contributed by atoms with E-state index in [1.54, 1.807) is 17.0 Å². The quantitative estimate of drug-likeness (QED) is 0.583. The molecule has 2 saturated heterocycles. The predicted molar refractivity (Wildman–Crippen MR) is 111 cm³/mol. The van der Waals surface area contributed by atoms with Crippen LogP contribution in [-0.2, 0) is 4.74 Å². The molecule has 2 aliphatic heterocycles. The summed E-state index contributed by atoms with van der Waals surface area (Å²) in [4.78, 5) is 30.0. The van der Waals surface area contributed by atoms with Crippen LogP contribution in [-0.4, -0.2) is 68.2 Å². The zero-order valence-corrected chi connectivity index (χ0v) is 16.2. The Morgan fingerprint density at radius 1 is 0.897 bits per heavy atom. The molecule has 0 N–H and O–H groups in total. The minimum Gasteiger partial charge on any atom is -0.378 e. The van der Waals surface area contributed by atoms with Crippen molar-refractivity contribution in [3.8, 4) is 0 Å². The Hall–Kier alpha value is -3.13. The lowest BCUT2D eigenvalue weighted by atomic mass is 10.1. The molecule has 0 spiro atoms. The van der Waals surface area contributed by atoms with Crippen LogP contribution in [0, 0.1) is 10.1 Å². The van der Waals surface area contributed by atoms with Crippen LogP contribution in [0.2, 0.25) is 0 Å². The van der Waals surface area contributed by atoms with Gasteiger partial charge in [-0.2, -0.15) is 0 Å². The molecule has 2 aromatic rings. The van der Waals surface area contributed by atoms with E-state index in [-0.39, 0.29) is 11.6 Å². The summed E-state index contributed by atoms with van der Waals surface area (Å²) in [7, 11) is 0. The van der Waals surface area contributed by atoms with Gasteiger partial charge in [0.15, 0.2) is 0 Å². The largest absolute Gasteiger partial charge is 0.378 e. The molecule has 1 amide bonds. The predicted octanol–water partition coefficient (Wildman–Crippen LogP) is 2.39. The second-order valence-electron chi connectivity index (χ2n) is 7.17. The second-order valence-corrected chi connectivity index (χ2v) is 7.17. The van der Waals surface area contributed by atoms with Crippen molar-refractivity contribution in [3.63, 3.8) is 0 Å². The van der Waals surface area contributed by atoms with Crippen LogP contribution in [0.3, 0.4) is 0 Å². The summed E-state index contributed by atoms with van der Waals surface area (Å²) >= 11 is 0. The first kappa shape index (κ1) is 19.2. The SMILES string of the molecule is O=C(c1ccc(N2CCN(c3ccccc3)CC2)c([N+](=O)[O-])c1)N1CCOCC1. The number of morpholine rings is 1. The van der Waals surface area contributed by atoms with E-state index in [0.717, 1.165) is 18.8 Å². The second kappa shape index (κ2) is 8.48. The molecule has 0 unspecified atom stereocenters. The first-order valence-electron chi connectivity index (χ1n) is 9.84. The molecule has 0 atom stereocenters. The maximum atomic E-state index is 12.7. The van der Waals surface area contributed by atoms with Crippen LogP contribution in [0.4, 0.5) is 17.1 Å². The van der Waals surface area contributed by atoms with Crippen LogP contribution in [0.1, 0.15) is 10.4 Å². The molecule has 0 aromatic heterocycles. The summed E-state index contributed by atoms with van der Waals surface area (Å²) in [5.41, 5.74) is 2.07. The van der Waals surface area contributed by atoms with Gasteiger partial charge in [-0.05, 0) is 24.3 Å². The molecule has 2 aliphatic rings. The number of para-hydroxylation sites is 1. The van der Waals surface area contributed by atoms with Gasteiger partial charge in [-0.15, -0.1) is 0 Å². The topological polar surface area (TPSA) is 79.2 Å². The van der Waals surface area contributed by atoms with Gasteiger partial charge < -0.3 is 19.4 Å². The molecule has 152 valence electrons. The number of rotatable bonds is 4. The first-order valence-corrected chi connectivity index (χ1v) is 9.84. The van der Waals surface area contributed by atoms with E-state index in [1.165, 1.54) is 6.07 Å². The van der Waals surface area contributed by atoms with Gasteiger partial charge in [-0.3, -0.25) is 14.9 Å². The fourth-order valence-corrected chi connectivity index (χ4v) is 3.86. The molecule has 2 heterocycles. The molecule has 8 heteroatoms. The summed E-state index contributed by atoms with van der Waals surface area (Å²) in [5, 5.41) is 11.7. The highest BCUT2D eigenvalue weighted by atomic mass is 16.6. The van der Waals surface area contributed by atoms with E-state index in [2.05, 4.69) is 17.0 Å². The van der Waals surface area contributed by atoms with Gasteiger partial charge in [0, 0.05) is 56.6 Å². The number of piperazine rings is 1. The molecule has 0 saturated carbocycles. The van der Waals surface area contributed by atoms with E-state index < -0.39 is 4.92 Å². The standard InChI is InChI=1S/C21H24N4O4/c26-21(24-12-14-29-15-13-24)17-6-7-19(20(16-17)25(27)28)23-10-8-22(9-11-23)18-4-2-1-3-5-18/h1-7,16H,8-15H2. The Morgan fingerprint density at radius 2 is 1.55 bits per heavy atom. The summed E-state index contributed by atoms with van der Waals surface area (Å²) < 4.78 is 5.27. The third-order valence-electron chi connectivity index (χ3n) is 5.46. The van der Waals surface area contributed by atoms with E-state index in [0.29, 0.717) is 50.6 Å². The lowest BCUT2D eigenvalue weighted by molar-refractivity contribution is -0.384. The summed E-state index contributed by atoms with van der Waals surface area (Å²) in [6.07, 6.45) is 0. The van der Waals surface area contributed by atoms with Crippen molar-refractivity contribution in [2.75, 3.05) is 62.3 Å². The van der Waals surface area contributed by atoms with Crippen molar-refractivity contribution in [3.05, 3.63) is 64.2 Å². The molecule has 0 radical (unpaired) electrons. The molecule has 2 fully saturated rings. The van der Waals surface area contributed by atoms with E-state index >= 15 is 0 Å². The zero-order chi connectivity index (χ0) is 20.2. The molecule has 29 heavy (non-hydrogen) atoms. The Kier molecular flexibility index (Phi) is 5.62. The number of nitro groups is 1. The third kappa shape index (κ3) is 4.17. The number of nitrogens with zero attached hydrogens (tertiary/aromatic N) is 4. The van der Waals surface area contributed by atoms with Crippen molar-refractivity contribution < 1.29 is 14.5 Å². The Morgan fingerprint density at radius 3 is 2.21 bits per heavy atom. The van der Waals surface area contributed by atoms with Crippen LogP contribution in [0.15, 0.2) is 48.5 Å². The number of hydrogen-bond acceptors (Lipinski definition) is 6. The molecule has 4 rings (SSSR count). The Balaban J connectivity index is 1.50. The summed E-state index contributed by atoms with van der Waals surface area (Å²) in [6.45, 7) is 4.96. The number of ether oxygens (including phenoxy) is 1. The molecule has 2 aromatic carbocycles. The molecule has 0 aliphatic carbocycles. The van der Waals surface area contributed by atoms with Crippen LogP contribution in [0.25, 0.3) is 0 Å². The smallest absolute Gasteiger partial charge is 0.293 e. The van der Waals surface area contributed by atoms with Crippen molar-refractivity contribution in [2.24, 2.45) is 0 Å². The maximum Gasteiger partial charge on any atom is 0.293 e. The van der Waals surface area contributed by atoms with Gasteiger partial charge in [0.1, 0.15) is 5.69 Å². The average Bonchev–Trinajstić information content (AvgIpc) is 2.79. The average molecular weight is 396 g/mol. The fourth-order valence-electron chi connectivity index (χ4n) is 3.86. The van der Waals surface area contributed by atoms with Gasteiger partial charge in [0.25, 0.3) is 11.6 Å². The highest BCUT2D eigenvalue weighted by Crippen LogP contribution is 2.31. The van der Waals surface area contributed by atoms with Gasteiger partial charge in [-0.25, -0.2) is 0 Å². The number of nitro benzene ring substituents is 1. The van der Waals surface area contributed by atoms with Crippen molar-refractivity contribution in [2.45, 2.75) is 0 Å². The van der Waals surface area contributed by atoms with Crippen molar-refractivity contribution in [1.82, 2.24) is 4.90 Å². The van der Waals surface area contributed by atoms with E-state index in [4.69, 9.17) is 4.74 Å². The zero-order valence-electron chi connectivity index (χ0n) is 16.2. The van der Waals surface area contributed by atoms with Gasteiger partial charge in [0.05, 0.1) is 18.1 Å². The highest BCUT2D eigenvalue weighted by molar-refractivity contribution is 5.96.